The Kier molecular flexibility index (Phi) is 8.32. The Morgan fingerprint density at radius 3 is 2.30 bits per heavy atom. The van der Waals surface area contributed by atoms with Crippen molar-refractivity contribution < 1.29 is 9.90 Å². The lowest BCUT2D eigenvalue weighted by atomic mass is 9.89. The summed E-state index contributed by atoms with van der Waals surface area (Å²) < 4.78 is 2.25. The molecule has 1 amide bonds. The van der Waals surface area contributed by atoms with Crippen molar-refractivity contribution in [2.75, 3.05) is 6.61 Å². The Bertz CT molecular complexity index is 1600. The van der Waals surface area contributed by atoms with Gasteiger partial charge in [0.15, 0.2) is 0 Å². The Hall–Kier alpha value is -3.96. The summed E-state index contributed by atoms with van der Waals surface area (Å²) in [4.78, 5) is 18.5. The third-order valence-electron chi connectivity index (χ3n) is 7.82. The zero-order valence-corrected chi connectivity index (χ0v) is 23.9. The third-order valence-corrected chi connectivity index (χ3v) is 7.82. The molecular weight excluding hydrogens is 494 g/mol. The van der Waals surface area contributed by atoms with Gasteiger partial charge >= 0.3 is 0 Å². The van der Waals surface area contributed by atoms with Crippen molar-refractivity contribution in [2.45, 2.75) is 58.9 Å². The van der Waals surface area contributed by atoms with Gasteiger partial charge < -0.3 is 10.4 Å². The van der Waals surface area contributed by atoms with Gasteiger partial charge in [-0.3, -0.25) is 9.20 Å². The van der Waals surface area contributed by atoms with Crippen molar-refractivity contribution in [3.8, 4) is 0 Å². The van der Waals surface area contributed by atoms with Crippen LogP contribution in [0.3, 0.4) is 0 Å². The van der Waals surface area contributed by atoms with Gasteiger partial charge in [-0.15, -0.1) is 0 Å². The second-order valence-corrected chi connectivity index (χ2v) is 11.3. The van der Waals surface area contributed by atoms with Gasteiger partial charge in [0.25, 0.3) is 0 Å². The molecule has 0 aliphatic carbocycles. The van der Waals surface area contributed by atoms with Gasteiger partial charge in [-0.05, 0) is 61.4 Å². The SMILES string of the molecule is Cc1cc(C)n2c(n1)c(Cc1ccc([C@H](CCC(C)C)C(=O)N[C@@H](CO)c3ccccc3)cc1)c1ccccc12. The topological polar surface area (TPSA) is 66.6 Å². The predicted molar refractivity (Wildman–Crippen MR) is 163 cm³/mol. The van der Waals surface area contributed by atoms with E-state index in [1.807, 2.05) is 37.3 Å². The number of nitrogens with zero attached hydrogens (tertiary/aromatic N) is 2. The van der Waals surface area contributed by atoms with Crippen molar-refractivity contribution >= 4 is 22.5 Å². The average Bonchev–Trinajstić information content (AvgIpc) is 3.26. The number of fused-ring (bicyclic) bond motifs is 3. The second-order valence-electron chi connectivity index (χ2n) is 11.3. The van der Waals surface area contributed by atoms with E-state index in [0.29, 0.717) is 5.92 Å². The summed E-state index contributed by atoms with van der Waals surface area (Å²) in [6, 6.07) is 28.3. The maximum atomic E-state index is 13.6. The standard InChI is InChI=1S/C35H39N3O2/c1-23(2)14-19-29(35(40)37-32(22-39)28-10-6-5-7-11-28)27-17-15-26(16-18-27)21-31-30-12-8-9-13-33(30)38-25(4)20-24(3)36-34(31)38/h5-13,15-18,20,23,29,32,39H,14,19,21-22H2,1-4H3,(H,37,40)/t29-,32-/m0/s1. The molecule has 0 radical (unpaired) electrons. The molecule has 2 N–H and O–H groups in total. The summed E-state index contributed by atoms with van der Waals surface area (Å²) in [5, 5.41) is 14.3. The van der Waals surface area contributed by atoms with Crippen molar-refractivity contribution in [2.24, 2.45) is 5.92 Å². The highest BCUT2D eigenvalue weighted by molar-refractivity contribution is 5.91. The third kappa shape index (κ3) is 5.80. The molecule has 3 aromatic carbocycles. The van der Waals surface area contributed by atoms with Crippen molar-refractivity contribution in [1.82, 2.24) is 14.7 Å². The molecule has 5 nitrogen and oxygen atoms in total. The fraction of sp³-hybridized carbons (Fsp3) is 0.314. The van der Waals surface area contributed by atoms with Crippen LogP contribution in [0.2, 0.25) is 0 Å². The number of hydrogen-bond donors (Lipinski definition) is 2. The molecule has 0 saturated heterocycles. The summed E-state index contributed by atoms with van der Waals surface area (Å²) in [6.45, 7) is 8.40. The number of benzene rings is 3. The first-order chi connectivity index (χ1) is 19.4. The normalized spacial score (nSPS) is 13.2. The number of carbonyl (C=O) groups excluding carboxylic acids is 1. The minimum absolute atomic E-state index is 0.0455. The van der Waals surface area contributed by atoms with Crippen LogP contribution in [0, 0.1) is 19.8 Å². The molecule has 2 aromatic heterocycles. The predicted octanol–water partition coefficient (Wildman–Crippen LogP) is 7.06. The van der Waals surface area contributed by atoms with Gasteiger partial charge in [-0.1, -0.05) is 86.6 Å². The number of carbonyl (C=O) groups is 1. The maximum Gasteiger partial charge on any atom is 0.228 e. The van der Waals surface area contributed by atoms with Crippen molar-refractivity contribution in [1.29, 1.82) is 0 Å². The summed E-state index contributed by atoms with van der Waals surface area (Å²) >= 11 is 0. The molecule has 0 spiro atoms. The second kappa shape index (κ2) is 12.1. The fourth-order valence-electron chi connectivity index (χ4n) is 5.72. The summed E-state index contributed by atoms with van der Waals surface area (Å²) in [7, 11) is 0. The Morgan fingerprint density at radius 2 is 1.60 bits per heavy atom. The minimum atomic E-state index is -0.426. The number of nitrogens with one attached hydrogen (secondary N) is 1. The molecular formula is C35H39N3O2. The van der Waals surface area contributed by atoms with E-state index >= 15 is 0 Å². The first-order valence-electron chi connectivity index (χ1n) is 14.3. The van der Waals surface area contributed by atoms with Crippen molar-refractivity contribution in [3.63, 3.8) is 0 Å². The highest BCUT2D eigenvalue weighted by Gasteiger charge is 2.24. The smallest absolute Gasteiger partial charge is 0.228 e. The monoisotopic (exact) mass is 533 g/mol. The Labute approximate surface area is 236 Å². The molecule has 5 heteroatoms. The van der Waals surface area contributed by atoms with Gasteiger partial charge in [0, 0.05) is 28.8 Å². The summed E-state index contributed by atoms with van der Waals surface area (Å²) in [5.41, 5.74) is 8.69. The van der Waals surface area contributed by atoms with Gasteiger partial charge in [0.2, 0.25) is 5.91 Å². The van der Waals surface area contributed by atoms with E-state index in [1.54, 1.807) is 0 Å². The van der Waals surface area contributed by atoms with E-state index in [1.165, 1.54) is 27.7 Å². The lowest BCUT2D eigenvalue weighted by molar-refractivity contribution is -0.123. The quantitative estimate of drug-likeness (QED) is 0.202. The van der Waals surface area contributed by atoms with Crippen LogP contribution in [0.15, 0.2) is 84.9 Å². The number of aliphatic hydroxyl groups is 1. The molecule has 0 fully saturated rings. The zero-order valence-electron chi connectivity index (χ0n) is 23.9. The number of aryl methyl sites for hydroxylation is 2. The first-order valence-corrected chi connectivity index (χ1v) is 14.3. The van der Waals surface area contributed by atoms with Crippen LogP contribution in [-0.2, 0) is 11.2 Å². The first kappa shape index (κ1) is 27.6. The highest BCUT2D eigenvalue weighted by Crippen LogP contribution is 2.31. The number of aliphatic hydroxyl groups excluding tert-OH is 1. The van der Waals surface area contributed by atoms with Crippen LogP contribution in [0.1, 0.15) is 72.3 Å². The van der Waals surface area contributed by atoms with Crippen LogP contribution < -0.4 is 5.32 Å². The molecule has 206 valence electrons. The molecule has 0 saturated carbocycles. The molecule has 0 unspecified atom stereocenters. The number of amides is 1. The van der Waals surface area contributed by atoms with Crippen LogP contribution in [0.25, 0.3) is 16.6 Å². The number of hydrogen-bond acceptors (Lipinski definition) is 3. The van der Waals surface area contributed by atoms with E-state index in [4.69, 9.17) is 4.98 Å². The Morgan fingerprint density at radius 1 is 0.900 bits per heavy atom. The van der Waals surface area contributed by atoms with Gasteiger partial charge in [-0.25, -0.2) is 4.98 Å². The van der Waals surface area contributed by atoms with Crippen LogP contribution in [0.5, 0.6) is 0 Å². The summed E-state index contributed by atoms with van der Waals surface area (Å²) in [6.07, 6.45) is 2.46. The summed E-state index contributed by atoms with van der Waals surface area (Å²) in [5.74, 6) is 0.168. The Balaban J connectivity index is 1.43. The lowest BCUT2D eigenvalue weighted by Crippen LogP contribution is -2.35. The molecule has 0 bridgehead atoms. The van der Waals surface area contributed by atoms with Gasteiger partial charge in [0.05, 0.1) is 24.1 Å². The van der Waals surface area contributed by atoms with E-state index in [2.05, 4.69) is 85.1 Å². The zero-order chi connectivity index (χ0) is 28.2. The molecule has 5 aromatic rings. The van der Waals surface area contributed by atoms with Gasteiger partial charge in [0.1, 0.15) is 5.65 Å². The average molecular weight is 534 g/mol. The van der Waals surface area contributed by atoms with Crippen LogP contribution in [0.4, 0.5) is 0 Å². The molecule has 0 aliphatic rings. The molecule has 40 heavy (non-hydrogen) atoms. The van der Waals surface area contributed by atoms with Crippen LogP contribution >= 0.6 is 0 Å². The molecule has 2 heterocycles. The van der Waals surface area contributed by atoms with E-state index in [0.717, 1.165) is 41.7 Å². The van der Waals surface area contributed by atoms with E-state index < -0.39 is 6.04 Å². The lowest BCUT2D eigenvalue weighted by Gasteiger charge is -2.23. The van der Waals surface area contributed by atoms with Gasteiger partial charge in [-0.2, -0.15) is 0 Å². The highest BCUT2D eigenvalue weighted by atomic mass is 16.3. The largest absolute Gasteiger partial charge is 0.394 e. The molecule has 0 aliphatic heterocycles. The van der Waals surface area contributed by atoms with Crippen molar-refractivity contribution in [3.05, 3.63) is 119 Å². The minimum Gasteiger partial charge on any atom is -0.394 e. The van der Waals surface area contributed by atoms with E-state index in [9.17, 15) is 9.90 Å². The number of aromatic nitrogens is 2. The fourth-order valence-corrected chi connectivity index (χ4v) is 5.72. The van der Waals surface area contributed by atoms with Crippen LogP contribution in [-0.4, -0.2) is 27.0 Å². The molecule has 5 rings (SSSR count). The van der Waals surface area contributed by atoms with E-state index in [-0.39, 0.29) is 18.4 Å². The molecule has 2 atom stereocenters. The number of rotatable bonds is 10. The maximum absolute atomic E-state index is 13.6. The number of para-hydroxylation sites is 1.